The van der Waals surface area contributed by atoms with Gasteiger partial charge in [0.15, 0.2) is 9.84 Å². The third kappa shape index (κ3) is 8.03. The molecule has 104 valence electrons. The van der Waals surface area contributed by atoms with Crippen molar-refractivity contribution in [2.24, 2.45) is 0 Å². The van der Waals surface area contributed by atoms with Crippen LogP contribution < -0.4 is 0 Å². The van der Waals surface area contributed by atoms with Crippen LogP contribution in [0.25, 0.3) is 0 Å². The van der Waals surface area contributed by atoms with Gasteiger partial charge in [-0.3, -0.25) is 4.79 Å². The second-order valence-corrected chi connectivity index (χ2v) is 6.28. The maximum atomic E-state index is 11.6. The number of hydrogen-bond donors (Lipinski definition) is 0. The number of sulfone groups is 1. The van der Waals surface area contributed by atoms with Crippen LogP contribution in [0.2, 0.25) is 0 Å². The molecule has 0 unspecified atom stereocenters. The van der Waals surface area contributed by atoms with E-state index >= 15 is 0 Å². The predicted octanol–water partition coefficient (Wildman–Crippen LogP) is 0.200. The van der Waals surface area contributed by atoms with Crippen molar-refractivity contribution < 1.29 is 17.9 Å². The molecule has 0 aliphatic heterocycles. The van der Waals surface area contributed by atoms with Crippen molar-refractivity contribution in [1.82, 2.24) is 4.90 Å². The minimum atomic E-state index is -3.20. The number of nitriles is 1. The van der Waals surface area contributed by atoms with Crippen LogP contribution in [0.5, 0.6) is 0 Å². The molecule has 18 heavy (non-hydrogen) atoms. The minimum absolute atomic E-state index is 0.0305. The molecule has 6 nitrogen and oxygen atoms in total. The summed E-state index contributed by atoms with van der Waals surface area (Å²) in [6, 6.07) is 1.93. The summed E-state index contributed by atoms with van der Waals surface area (Å²) >= 11 is 0. The predicted molar refractivity (Wildman–Crippen MR) is 67.6 cm³/mol. The van der Waals surface area contributed by atoms with E-state index in [0.717, 1.165) is 0 Å². The molecule has 0 aromatic carbocycles. The highest BCUT2D eigenvalue weighted by Crippen LogP contribution is 2.00. The van der Waals surface area contributed by atoms with Crippen molar-refractivity contribution in [2.45, 2.75) is 19.3 Å². The average molecular weight is 276 g/mol. The number of nitrogens with zero attached hydrogens (tertiary/aromatic N) is 2. The molecule has 0 radical (unpaired) electrons. The Labute approximate surface area is 108 Å². The van der Waals surface area contributed by atoms with Gasteiger partial charge in [-0.05, 0) is 6.42 Å². The molecule has 0 bridgehead atoms. The van der Waals surface area contributed by atoms with Gasteiger partial charge in [0.05, 0.1) is 24.0 Å². The average Bonchev–Trinajstić information content (AvgIpc) is 2.33. The summed E-state index contributed by atoms with van der Waals surface area (Å²) in [4.78, 5) is 12.9. The molecule has 7 heteroatoms. The van der Waals surface area contributed by atoms with Crippen molar-refractivity contribution in [2.75, 3.05) is 38.8 Å². The molecule has 0 spiro atoms. The smallest absolute Gasteiger partial charge is 0.223 e. The first kappa shape index (κ1) is 16.9. The molecule has 0 aromatic heterocycles. The third-order valence-corrected chi connectivity index (χ3v) is 4.15. The summed E-state index contributed by atoms with van der Waals surface area (Å²) < 4.78 is 27.9. The Bertz CT molecular complexity index is 386. The Kier molecular flexibility index (Phi) is 8.33. The van der Waals surface area contributed by atoms with Crippen molar-refractivity contribution in [3.63, 3.8) is 0 Å². The SMILES string of the molecule is COCCCS(=O)(=O)CCC(=O)N(C)CCC#N. The topological polar surface area (TPSA) is 87.5 Å². The van der Waals surface area contributed by atoms with Gasteiger partial charge in [-0.2, -0.15) is 5.26 Å². The molecule has 0 aromatic rings. The van der Waals surface area contributed by atoms with Crippen LogP contribution in [0, 0.1) is 11.3 Å². The molecule has 0 aliphatic rings. The first-order valence-corrected chi connectivity index (χ1v) is 7.55. The standard InChI is InChI=1S/C11H20N2O4S/c1-13(7-3-6-12)11(14)5-10-18(15,16)9-4-8-17-2/h3-5,7-10H2,1-2H3. The second kappa shape index (κ2) is 8.89. The van der Waals surface area contributed by atoms with Crippen LogP contribution in [-0.4, -0.2) is 58.0 Å². The summed E-state index contributed by atoms with van der Waals surface area (Å²) in [5.74, 6) is -0.358. The summed E-state index contributed by atoms with van der Waals surface area (Å²) in [6.45, 7) is 0.730. The van der Waals surface area contributed by atoms with Crippen molar-refractivity contribution in [3.05, 3.63) is 0 Å². The van der Waals surface area contributed by atoms with Gasteiger partial charge in [-0.25, -0.2) is 8.42 Å². The lowest BCUT2D eigenvalue weighted by Crippen LogP contribution is -2.29. The molecule has 0 heterocycles. The van der Waals surface area contributed by atoms with Gasteiger partial charge in [0.25, 0.3) is 0 Å². The van der Waals surface area contributed by atoms with Crippen LogP contribution in [0.1, 0.15) is 19.3 Å². The van der Waals surface area contributed by atoms with E-state index in [9.17, 15) is 13.2 Å². The van der Waals surface area contributed by atoms with Gasteiger partial charge >= 0.3 is 0 Å². The fourth-order valence-corrected chi connectivity index (χ4v) is 2.55. The summed E-state index contributed by atoms with van der Waals surface area (Å²) in [7, 11) is -0.115. The van der Waals surface area contributed by atoms with Gasteiger partial charge in [0, 0.05) is 33.7 Å². The van der Waals surface area contributed by atoms with E-state index in [4.69, 9.17) is 10.00 Å². The Balaban J connectivity index is 4.00. The Morgan fingerprint density at radius 3 is 2.61 bits per heavy atom. The lowest BCUT2D eigenvalue weighted by atomic mass is 10.3. The number of amides is 1. The quantitative estimate of drug-likeness (QED) is 0.561. The zero-order chi connectivity index (χ0) is 14.0. The Hall–Kier alpha value is -1.13. The summed E-state index contributed by atoms with van der Waals surface area (Å²) in [5, 5.41) is 8.38. The highest BCUT2D eigenvalue weighted by Gasteiger charge is 2.15. The molecular weight excluding hydrogens is 256 g/mol. The van der Waals surface area contributed by atoms with Gasteiger partial charge in [-0.1, -0.05) is 0 Å². The Morgan fingerprint density at radius 1 is 1.39 bits per heavy atom. The van der Waals surface area contributed by atoms with Crippen molar-refractivity contribution in [1.29, 1.82) is 5.26 Å². The first-order valence-electron chi connectivity index (χ1n) is 5.73. The van der Waals surface area contributed by atoms with Crippen LogP contribution in [0.3, 0.4) is 0 Å². The molecule has 0 saturated heterocycles. The first-order chi connectivity index (χ1) is 8.43. The van der Waals surface area contributed by atoms with E-state index in [0.29, 0.717) is 19.6 Å². The fourth-order valence-electron chi connectivity index (χ4n) is 1.30. The van der Waals surface area contributed by atoms with Crippen LogP contribution in [-0.2, 0) is 19.4 Å². The normalized spacial score (nSPS) is 10.9. The maximum absolute atomic E-state index is 11.6. The van der Waals surface area contributed by atoms with E-state index in [1.807, 2.05) is 6.07 Å². The van der Waals surface area contributed by atoms with E-state index in [1.165, 1.54) is 12.0 Å². The molecular formula is C11H20N2O4S. The molecule has 0 rings (SSSR count). The van der Waals surface area contributed by atoms with Gasteiger partial charge < -0.3 is 9.64 Å². The maximum Gasteiger partial charge on any atom is 0.223 e. The zero-order valence-corrected chi connectivity index (χ0v) is 11.7. The number of ether oxygens (including phenoxy) is 1. The Morgan fingerprint density at radius 2 is 2.06 bits per heavy atom. The highest BCUT2D eigenvalue weighted by molar-refractivity contribution is 7.91. The van der Waals surface area contributed by atoms with Crippen LogP contribution in [0.15, 0.2) is 0 Å². The molecule has 0 saturated carbocycles. The number of hydrogen-bond acceptors (Lipinski definition) is 5. The van der Waals surface area contributed by atoms with E-state index in [1.54, 1.807) is 7.05 Å². The number of carbonyl (C=O) groups excluding carboxylic acids is 1. The summed E-state index contributed by atoms with van der Waals surface area (Å²) in [5.41, 5.74) is 0. The number of methoxy groups -OCH3 is 1. The lowest BCUT2D eigenvalue weighted by molar-refractivity contribution is -0.129. The van der Waals surface area contributed by atoms with Gasteiger partial charge in [0.1, 0.15) is 0 Å². The van der Waals surface area contributed by atoms with Crippen LogP contribution >= 0.6 is 0 Å². The number of carbonyl (C=O) groups is 1. The second-order valence-electron chi connectivity index (χ2n) is 3.97. The number of rotatable bonds is 9. The van der Waals surface area contributed by atoms with Gasteiger partial charge in [0.2, 0.25) is 5.91 Å². The largest absolute Gasteiger partial charge is 0.385 e. The highest BCUT2D eigenvalue weighted by atomic mass is 32.2. The van der Waals surface area contributed by atoms with Crippen LogP contribution in [0.4, 0.5) is 0 Å². The minimum Gasteiger partial charge on any atom is -0.385 e. The van der Waals surface area contributed by atoms with Gasteiger partial charge in [-0.15, -0.1) is 0 Å². The summed E-state index contributed by atoms with van der Waals surface area (Å²) in [6.07, 6.45) is 0.664. The van der Waals surface area contributed by atoms with Crippen molar-refractivity contribution >= 4 is 15.7 Å². The molecule has 0 N–H and O–H groups in total. The molecule has 0 fully saturated rings. The molecule has 0 aliphatic carbocycles. The molecule has 0 atom stereocenters. The third-order valence-electron chi connectivity index (χ3n) is 2.42. The molecule has 1 amide bonds. The zero-order valence-electron chi connectivity index (χ0n) is 10.9. The van der Waals surface area contributed by atoms with Crippen molar-refractivity contribution in [3.8, 4) is 6.07 Å². The monoisotopic (exact) mass is 276 g/mol. The van der Waals surface area contributed by atoms with E-state index in [2.05, 4.69) is 0 Å². The lowest BCUT2D eigenvalue weighted by Gasteiger charge is -2.15. The fraction of sp³-hybridized carbons (Fsp3) is 0.818. The van der Waals surface area contributed by atoms with E-state index < -0.39 is 9.84 Å². The van der Waals surface area contributed by atoms with E-state index in [-0.39, 0.29) is 30.3 Å².